The lowest BCUT2D eigenvalue weighted by Crippen LogP contribution is -2.31. The van der Waals surface area contributed by atoms with Crippen molar-refractivity contribution in [3.63, 3.8) is 0 Å². The molecule has 1 nitrogen and oxygen atoms in total. The van der Waals surface area contributed by atoms with E-state index in [9.17, 15) is 0 Å². The molecule has 0 bridgehead atoms. The van der Waals surface area contributed by atoms with Crippen LogP contribution in [0.25, 0.3) is 0 Å². The fraction of sp³-hybridized carbons (Fsp3) is 0.333. The summed E-state index contributed by atoms with van der Waals surface area (Å²) in [4.78, 5) is 0. The van der Waals surface area contributed by atoms with E-state index in [2.05, 4.69) is 50.4 Å². The standard InChI is InChI=1S/C18H21Cl2N/c1-12-7-4-5-8-15(12)11-13(2)21-14(3)16-9-6-10-17(19)18(16)20/h4-10,13-14,21H,11H2,1-3H3. The molecule has 2 unspecified atom stereocenters. The Morgan fingerprint density at radius 1 is 1.00 bits per heavy atom. The molecule has 2 rings (SSSR count). The first-order valence-electron chi connectivity index (χ1n) is 7.23. The summed E-state index contributed by atoms with van der Waals surface area (Å²) in [6.07, 6.45) is 0.995. The van der Waals surface area contributed by atoms with Gasteiger partial charge in [-0.05, 0) is 49.9 Å². The highest BCUT2D eigenvalue weighted by molar-refractivity contribution is 6.42. The van der Waals surface area contributed by atoms with E-state index in [4.69, 9.17) is 23.2 Å². The van der Waals surface area contributed by atoms with Crippen LogP contribution in [0.1, 0.15) is 36.6 Å². The van der Waals surface area contributed by atoms with Gasteiger partial charge in [0.25, 0.3) is 0 Å². The molecule has 0 heterocycles. The molecule has 0 saturated carbocycles. The van der Waals surface area contributed by atoms with Crippen LogP contribution in [-0.2, 0) is 6.42 Å². The molecule has 0 fully saturated rings. The Morgan fingerprint density at radius 3 is 2.43 bits per heavy atom. The van der Waals surface area contributed by atoms with E-state index < -0.39 is 0 Å². The first kappa shape index (κ1) is 16.4. The van der Waals surface area contributed by atoms with Crippen molar-refractivity contribution >= 4 is 23.2 Å². The van der Waals surface area contributed by atoms with Crippen molar-refractivity contribution in [2.45, 2.75) is 39.3 Å². The van der Waals surface area contributed by atoms with Gasteiger partial charge >= 0.3 is 0 Å². The molecular formula is C18H21Cl2N. The van der Waals surface area contributed by atoms with Crippen molar-refractivity contribution in [2.24, 2.45) is 0 Å². The van der Waals surface area contributed by atoms with Gasteiger partial charge in [-0.2, -0.15) is 0 Å². The largest absolute Gasteiger partial charge is 0.307 e. The maximum Gasteiger partial charge on any atom is 0.0639 e. The Balaban J connectivity index is 2.04. The monoisotopic (exact) mass is 321 g/mol. The number of halogens is 2. The molecule has 0 saturated heterocycles. The van der Waals surface area contributed by atoms with Crippen LogP contribution in [0, 0.1) is 6.92 Å². The van der Waals surface area contributed by atoms with E-state index in [0.29, 0.717) is 16.1 Å². The average Bonchev–Trinajstić information content (AvgIpc) is 2.44. The molecule has 112 valence electrons. The Kier molecular flexibility index (Phi) is 5.69. The van der Waals surface area contributed by atoms with Crippen LogP contribution >= 0.6 is 23.2 Å². The lowest BCUT2D eigenvalue weighted by atomic mass is 10.0. The fourth-order valence-corrected chi connectivity index (χ4v) is 3.07. The SMILES string of the molecule is Cc1ccccc1CC(C)NC(C)c1cccc(Cl)c1Cl. The van der Waals surface area contributed by atoms with Crippen molar-refractivity contribution in [3.8, 4) is 0 Å². The van der Waals surface area contributed by atoms with Gasteiger partial charge in [0, 0.05) is 12.1 Å². The topological polar surface area (TPSA) is 12.0 Å². The van der Waals surface area contributed by atoms with E-state index in [-0.39, 0.29) is 6.04 Å². The van der Waals surface area contributed by atoms with Crippen LogP contribution in [-0.4, -0.2) is 6.04 Å². The van der Waals surface area contributed by atoms with E-state index in [0.717, 1.165) is 12.0 Å². The summed E-state index contributed by atoms with van der Waals surface area (Å²) >= 11 is 12.4. The van der Waals surface area contributed by atoms with Crippen molar-refractivity contribution in [3.05, 3.63) is 69.2 Å². The van der Waals surface area contributed by atoms with Crippen LogP contribution < -0.4 is 5.32 Å². The van der Waals surface area contributed by atoms with Gasteiger partial charge in [-0.1, -0.05) is 59.6 Å². The number of hydrogen-bond donors (Lipinski definition) is 1. The number of rotatable bonds is 5. The zero-order valence-corrected chi connectivity index (χ0v) is 14.2. The Morgan fingerprint density at radius 2 is 1.71 bits per heavy atom. The van der Waals surface area contributed by atoms with Crippen molar-refractivity contribution < 1.29 is 0 Å². The molecule has 2 aromatic rings. The van der Waals surface area contributed by atoms with E-state index >= 15 is 0 Å². The van der Waals surface area contributed by atoms with Crippen LogP contribution in [0.5, 0.6) is 0 Å². The minimum absolute atomic E-state index is 0.162. The average molecular weight is 322 g/mol. The highest BCUT2D eigenvalue weighted by atomic mass is 35.5. The third-order valence-corrected chi connectivity index (χ3v) is 4.60. The summed E-state index contributed by atoms with van der Waals surface area (Å²) < 4.78 is 0. The lowest BCUT2D eigenvalue weighted by molar-refractivity contribution is 0.477. The normalized spacial score (nSPS) is 14.0. The predicted octanol–water partition coefficient (Wildman–Crippen LogP) is 5.58. The molecular weight excluding hydrogens is 301 g/mol. The first-order valence-corrected chi connectivity index (χ1v) is 7.99. The quantitative estimate of drug-likeness (QED) is 0.757. The molecule has 0 aliphatic carbocycles. The fourth-order valence-electron chi connectivity index (χ4n) is 2.60. The molecule has 0 aliphatic rings. The van der Waals surface area contributed by atoms with Crippen LogP contribution in [0.4, 0.5) is 0 Å². The summed E-state index contributed by atoms with van der Waals surface area (Å²) in [5, 5.41) is 4.84. The van der Waals surface area contributed by atoms with E-state index in [1.807, 2.05) is 18.2 Å². The second kappa shape index (κ2) is 7.31. The zero-order chi connectivity index (χ0) is 15.4. The maximum atomic E-state index is 6.29. The van der Waals surface area contributed by atoms with Crippen molar-refractivity contribution in [1.29, 1.82) is 0 Å². The second-order valence-electron chi connectivity index (χ2n) is 5.56. The molecule has 0 radical (unpaired) electrons. The lowest BCUT2D eigenvalue weighted by Gasteiger charge is -2.22. The van der Waals surface area contributed by atoms with Crippen LogP contribution in [0.3, 0.4) is 0 Å². The number of nitrogens with one attached hydrogen (secondary N) is 1. The van der Waals surface area contributed by atoms with Gasteiger partial charge in [0.05, 0.1) is 10.0 Å². The van der Waals surface area contributed by atoms with Crippen LogP contribution in [0.15, 0.2) is 42.5 Å². The Labute approximate surface area is 137 Å². The molecule has 0 aliphatic heterocycles. The van der Waals surface area contributed by atoms with Gasteiger partial charge in [0.1, 0.15) is 0 Å². The summed E-state index contributed by atoms with van der Waals surface area (Å²) in [6, 6.07) is 14.8. The minimum Gasteiger partial charge on any atom is -0.307 e. The smallest absolute Gasteiger partial charge is 0.0639 e. The molecule has 21 heavy (non-hydrogen) atoms. The van der Waals surface area contributed by atoms with E-state index in [1.165, 1.54) is 11.1 Å². The van der Waals surface area contributed by atoms with Crippen molar-refractivity contribution in [1.82, 2.24) is 5.32 Å². The summed E-state index contributed by atoms with van der Waals surface area (Å²) in [5.74, 6) is 0. The second-order valence-corrected chi connectivity index (χ2v) is 6.35. The van der Waals surface area contributed by atoms with Crippen molar-refractivity contribution in [2.75, 3.05) is 0 Å². The van der Waals surface area contributed by atoms with E-state index in [1.54, 1.807) is 0 Å². The first-order chi connectivity index (χ1) is 9.99. The van der Waals surface area contributed by atoms with Gasteiger partial charge in [-0.15, -0.1) is 0 Å². The summed E-state index contributed by atoms with van der Waals surface area (Å²) in [6.45, 7) is 6.46. The van der Waals surface area contributed by atoms with Gasteiger partial charge in [-0.3, -0.25) is 0 Å². The highest BCUT2D eigenvalue weighted by Crippen LogP contribution is 2.30. The molecule has 0 amide bonds. The van der Waals surface area contributed by atoms with Gasteiger partial charge in [0.15, 0.2) is 0 Å². The Hall–Kier alpha value is -1.02. The summed E-state index contributed by atoms with van der Waals surface area (Å²) in [5.41, 5.74) is 3.75. The van der Waals surface area contributed by atoms with Gasteiger partial charge in [-0.25, -0.2) is 0 Å². The molecule has 3 heteroatoms. The molecule has 2 aromatic carbocycles. The number of benzene rings is 2. The third kappa shape index (κ3) is 4.23. The molecule has 2 atom stereocenters. The highest BCUT2D eigenvalue weighted by Gasteiger charge is 2.14. The van der Waals surface area contributed by atoms with Crippen LogP contribution in [0.2, 0.25) is 10.0 Å². The predicted molar refractivity (Wildman–Crippen MR) is 92.4 cm³/mol. The molecule has 0 spiro atoms. The number of hydrogen-bond acceptors (Lipinski definition) is 1. The third-order valence-electron chi connectivity index (χ3n) is 3.77. The molecule has 1 N–H and O–H groups in total. The maximum absolute atomic E-state index is 6.29. The molecule has 0 aromatic heterocycles. The zero-order valence-electron chi connectivity index (χ0n) is 12.7. The van der Waals surface area contributed by atoms with Gasteiger partial charge < -0.3 is 5.32 Å². The van der Waals surface area contributed by atoms with Gasteiger partial charge in [0.2, 0.25) is 0 Å². The number of aryl methyl sites for hydroxylation is 1. The summed E-state index contributed by atoms with van der Waals surface area (Å²) in [7, 11) is 0. The Bertz CT molecular complexity index is 610. The minimum atomic E-state index is 0.162.